The molecular weight excluding hydrogens is 575 g/mol. The van der Waals surface area contributed by atoms with E-state index in [1.54, 1.807) is 52.5 Å². The van der Waals surface area contributed by atoms with Gasteiger partial charge in [0.25, 0.3) is 11.7 Å². The van der Waals surface area contributed by atoms with Crippen molar-refractivity contribution in [2.45, 2.75) is 84.1 Å². The minimum absolute atomic E-state index is 0.132. The Morgan fingerprint density at radius 3 is 2.19 bits per heavy atom. The molecule has 3 aliphatic heterocycles. The number of amides is 3. The molecule has 2 unspecified atom stereocenters. The Bertz CT molecular complexity index is 1340. The second-order valence-electron chi connectivity index (χ2n) is 12.4. The summed E-state index contributed by atoms with van der Waals surface area (Å²) in [5, 5.41) is 2.65. The fraction of sp³-hybridized carbons (Fsp3) is 0.536. The summed E-state index contributed by atoms with van der Waals surface area (Å²) >= 11 is 0. The van der Waals surface area contributed by atoms with Crippen LogP contribution in [0.5, 0.6) is 0 Å². The van der Waals surface area contributed by atoms with Gasteiger partial charge in [0.05, 0.1) is 25.8 Å². The van der Waals surface area contributed by atoms with Crippen LogP contribution in [0.15, 0.2) is 47.3 Å². The first-order valence-corrected chi connectivity index (χ1v) is 13.8. The molecule has 4 rings (SSSR count). The minimum Gasteiger partial charge on any atom is -0.455 e. The van der Waals surface area contributed by atoms with Gasteiger partial charge in [0.2, 0.25) is 0 Å². The summed E-state index contributed by atoms with van der Waals surface area (Å²) in [6, 6.07) is 4.46. The number of pyridine rings is 1. The van der Waals surface area contributed by atoms with E-state index in [0.717, 1.165) is 5.82 Å². The zero-order valence-corrected chi connectivity index (χ0v) is 25.3. The number of hydrogen-bond donors (Lipinski definition) is 1. The molecule has 3 amide bonds. The number of allylic oxidation sites excluding steroid dienone is 2. The molecule has 0 radical (unpaired) electrons. The number of rotatable bonds is 4. The molecule has 1 aromatic heterocycles. The Balaban J connectivity index is 0.000000934. The monoisotopic (exact) mass is 612 g/mol. The van der Waals surface area contributed by atoms with Crippen molar-refractivity contribution >= 4 is 36.9 Å². The first-order valence-electron chi connectivity index (χ1n) is 13.8. The molecule has 43 heavy (non-hydrogen) atoms. The summed E-state index contributed by atoms with van der Waals surface area (Å²) in [4.78, 5) is 55.3. The van der Waals surface area contributed by atoms with Crippen LogP contribution < -0.4 is 14.8 Å². The van der Waals surface area contributed by atoms with Crippen LogP contribution in [-0.2, 0) is 30.9 Å². The highest BCUT2D eigenvalue weighted by Crippen LogP contribution is 2.39. The van der Waals surface area contributed by atoms with E-state index in [2.05, 4.69) is 5.32 Å². The third kappa shape index (κ3) is 8.80. The predicted octanol–water partition coefficient (Wildman–Crippen LogP) is 3.97. The van der Waals surface area contributed by atoms with Crippen LogP contribution in [0.1, 0.15) is 60.8 Å². The zero-order valence-electron chi connectivity index (χ0n) is 25.3. The molecule has 0 bridgehead atoms. The Kier molecular flexibility index (Phi) is 9.67. The first-order chi connectivity index (χ1) is 19.7. The molecular formula is C28H37BF4N4O6. The van der Waals surface area contributed by atoms with E-state index < -0.39 is 48.5 Å². The lowest BCUT2D eigenvalue weighted by Gasteiger charge is -2.50. The number of carbonyl (C=O) groups is 4. The van der Waals surface area contributed by atoms with E-state index in [4.69, 9.17) is 9.47 Å². The average molecular weight is 612 g/mol. The van der Waals surface area contributed by atoms with Crippen LogP contribution in [0.3, 0.4) is 0 Å². The van der Waals surface area contributed by atoms with E-state index in [1.165, 1.54) is 4.90 Å². The van der Waals surface area contributed by atoms with Crippen molar-refractivity contribution in [1.29, 1.82) is 0 Å². The number of aromatic nitrogens is 1. The molecule has 0 aromatic carbocycles. The number of alkyl carbamates (subject to hydrolysis) is 1. The normalized spacial score (nSPS) is 21.6. The van der Waals surface area contributed by atoms with E-state index in [-0.39, 0.29) is 11.6 Å². The van der Waals surface area contributed by atoms with Crippen molar-refractivity contribution in [3.63, 3.8) is 0 Å². The molecule has 1 N–H and O–H groups in total. The molecule has 10 nitrogen and oxygen atoms in total. The second-order valence-corrected chi connectivity index (χ2v) is 12.4. The number of halogens is 4. The van der Waals surface area contributed by atoms with E-state index in [1.807, 2.05) is 36.0 Å². The van der Waals surface area contributed by atoms with Crippen LogP contribution in [0.25, 0.3) is 0 Å². The third-order valence-electron chi connectivity index (χ3n) is 6.52. The van der Waals surface area contributed by atoms with Crippen LogP contribution >= 0.6 is 0 Å². The van der Waals surface area contributed by atoms with Crippen LogP contribution in [0.4, 0.5) is 27.9 Å². The van der Waals surface area contributed by atoms with Gasteiger partial charge in [-0.15, -0.1) is 0 Å². The van der Waals surface area contributed by atoms with E-state index in [0.29, 0.717) is 37.0 Å². The second kappa shape index (κ2) is 12.4. The largest absolute Gasteiger partial charge is 0.673 e. The maximum Gasteiger partial charge on any atom is 0.673 e. The van der Waals surface area contributed by atoms with Gasteiger partial charge in [-0.2, -0.15) is 4.90 Å². The number of β-lactam (4-membered cyclic amide) rings is 1. The van der Waals surface area contributed by atoms with Gasteiger partial charge in [-0.25, -0.2) is 19.0 Å². The van der Waals surface area contributed by atoms with Crippen molar-refractivity contribution < 1.29 is 50.5 Å². The maximum atomic E-state index is 13.3. The molecule has 2 saturated heterocycles. The Labute approximate surface area is 247 Å². The van der Waals surface area contributed by atoms with Gasteiger partial charge in [-0.05, 0) is 72.1 Å². The fourth-order valence-corrected chi connectivity index (χ4v) is 4.95. The summed E-state index contributed by atoms with van der Waals surface area (Å²) in [6.07, 6.45) is 4.42. The summed E-state index contributed by atoms with van der Waals surface area (Å²) < 4.78 is 51.9. The molecule has 236 valence electrons. The molecule has 0 saturated carbocycles. The number of esters is 1. The number of nitrogens with zero attached hydrogens (tertiary/aromatic N) is 3. The fourth-order valence-electron chi connectivity index (χ4n) is 4.95. The Hall–Kier alpha value is -3.91. The number of ether oxygens (including phenoxy) is 2. The molecule has 4 heterocycles. The third-order valence-corrected chi connectivity index (χ3v) is 6.52. The summed E-state index contributed by atoms with van der Waals surface area (Å²) in [5.41, 5.74) is -0.198. The molecule has 2 fully saturated rings. The number of hydrogen-bond acceptors (Lipinski definition) is 6. The lowest BCUT2D eigenvalue weighted by Crippen LogP contribution is -2.72. The molecule has 1 aromatic rings. The van der Waals surface area contributed by atoms with Gasteiger partial charge < -0.3 is 32.1 Å². The smallest absolute Gasteiger partial charge is 0.455 e. The number of fused-ring (bicyclic) bond motifs is 1. The number of nitrogens with one attached hydrogen (secondary N) is 1. The van der Waals surface area contributed by atoms with Crippen molar-refractivity contribution in [2.75, 3.05) is 11.4 Å². The van der Waals surface area contributed by atoms with Crippen LogP contribution in [0.2, 0.25) is 0 Å². The summed E-state index contributed by atoms with van der Waals surface area (Å²) in [6.45, 7) is 11.0. The topological polar surface area (TPSA) is 109 Å². The molecule has 0 aliphatic carbocycles. The van der Waals surface area contributed by atoms with E-state index in [9.17, 15) is 36.4 Å². The van der Waals surface area contributed by atoms with Crippen LogP contribution in [-0.4, -0.2) is 65.9 Å². The van der Waals surface area contributed by atoms with Crippen molar-refractivity contribution in [3.05, 3.63) is 47.3 Å². The molecule has 0 spiro atoms. The van der Waals surface area contributed by atoms with Crippen molar-refractivity contribution in [1.82, 2.24) is 10.2 Å². The van der Waals surface area contributed by atoms with Gasteiger partial charge in [-0.3, -0.25) is 9.69 Å². The van der Waals surface area contributed by atoms with Gasteiger partial charge in [0.1, 0.15) is 22.9 Å². The quantitative estimate of drug-likeness (QED) is 0.138. The average Bonchev–Trinajstić information content (AvgIpc) is 3.19. The summed E-state index contributed by atoms with van der Waals surface area (Å²) in [7, 11) is -4.12. The van der Waals surface area contributed by atoms with E-state index >= 15 is 0 Å². The van der Waals surface area contributed by atoms with Crippen LogP contribution in [0, 0.1) is 0 Å². The molecule has 15 heteroatoms. The lowest BCUT2D eigenvalue weighted by atomic mass is 9.83. The van der Waals surface area contributed by atoms with Gasteiger partial charge in [0, 0.05) is 18.1 Å². The van der Waals surface area contributed by atoms with Gasteiger partial charge >= 0.3 is 25.2 Å². The molecule has 2 atom stereocenters. The van der Waals surface area contributed by atoms with Crippen molar-refractivity contribution in [2.24, 2.45) is 7.05 Å². The highest BCUT2D eigenvalue weighted by atomic mass is 19.5. The number of anilines is 1. The first kappa shape index (κ1) is 33.6. The summed E-state index contributed by atoms with van der Waals surface area (Å²) in [5.74, 6) is -0.396. The van der Waals surface area contributed by atoms with Gasteiger partial charge in [0.15, 0.2) is 0 Å². The van der Waals surface area contributed by atoms with Gasteiger partial charge in [-0.1, -0.05) is 6.07 Å². The Morgan fingerprint density at radius 1 is 1.02 bits per heavy atom. The minimum atomic E-state index is -6.00. The predicted molar refractivity (Wildman–Crippen MR) is 149 cm³/mol. The van der Waals surface area contributed by atoms with Crippen molar-refractivity contribution in [3.8, 4) is 0 Å². The number of aryl methyl sites for hydroxylation is 1. The number of carbonyl (C=O) groups excluding carboxylic acids is 4. The highest BCUT2D eigenvalue weighted by Gasteiger charge is 2.54. The lowest BCUT2D eigenvalue weighted by molar-refractivity contribution is -0.658. The standard InChI is InChI=1S/C28H36N4O6.BF4/c1-27(2,3)37-25(35)22-17(16-18-13-15-31(23(18)33)20-10-8-9-14-30(20)7)11-12-19-21(24(34)32(19)22)29-26(36)38-28(4,5)6;2-1(3,4)5/h8-10,14,16,19,21H,11-13,15H2,1-7H3;/q;-1/p+1. The Morgan fingerprint density at radius 2 is 1.63 bits per heavy atom. The maximum absolute atomic E-state index is 13.3. The zero-order chi connectivity index (χ0) is 32.5. The SMILES string of the molecule is C[n+]1ccccc1N1CCC(=CC2=C(C(=O)OC(C)(C)C)N3C(=O)C(NC(=O)OC(C)(C)C)C3CC2)C1=O.F[B-](F)(F)F. The highest BCUT2D eigenvalue weighted by molar-refractivity contribution is 6.50. The molecule has 3 aliphatic rings.